The number of hydrogen-bond donors (Lipinski definition) is 3. The van der Waals surface area contributed by atoms with E-state index in [1.165, 1.54) is 19.3 Å². The molecule has 3 aliphatic rings. The molecule has 21 heavy (non-hydrogen) atoms. The average Bonchev–Trinajstić information content (AvgIpc) is 3.04. The molecule has 116 valence electrons. The summed E-state index contributed by atoms with van der Waals surface area (Å²) in [5.41, 5.74) is -4.37. The van der Waals surface area contributed by atoms with Crippen LogP contribution in [0.4, 0.5) is 0 Å². The lowest BCUT2D eigenvalue weighted by molar-refractivity contribution is -0.292. The maximum absolute atomic E-state index is 11.4. The lowest BCUT2D eigenvalue weighted by Gasteiger charge is -2.48. The summed E-state index contributed by atoms with van der Waals surface area (Å²) >= 11 is 0. The third-order valence-corrected chi connectivity index (χ3v) is 4.09. The maximum Gasteiger partial charge on any atom is 0.333 e. The van der Waals surface area contributed by atoms with Crippen LogP contribution in [0.25, 0.3) is 0 Å². The molecule has 2 fully saturated rings. The fourth-order valence-electron chi connectivity index (χ4n) is 2.93. The maximum atomic E-state index is 11.4. The van der Waals surface area contributed by atoms with Gasteiger partial charge in [0, 0.05) is 0 Å². The summed E-state index contributed by atoms with van der Waals surface area (Å²) in [6.07, 6.45) is 2.07. The Bertz CT molecular complexity index is 520. The molecule has 2 heterocycles. The van der Waals surface area contributed by atoms with Crippen molar-refractivity contribution in [3.8, 4) is 0 Å². The van der Waals surface area contributed by atoms with Crippen LogP contribution in [-0.2, 0) is 23.7 Å². The highest BCUT2D eigenvalue weighted by atomic mass is 16.8. The van der Waals surface area contributed by atoms with Crippen molar-refractivity contribution in [2.75, 3.05) is 26.9 Å². The van der Waals surface area contributed by atoms with Gasteiger partial charge in [-0.05, 0) is 6.08 Å². The molecule has 3 rings (SSSR count). The number of fused-ring (bicyclic) bond motifs is 2. The van der Waals surface area contributed by atoms with E-state index in [0.29, 0.717) is 0 Å². The normalized spacial score (nSPS) is 42.1. The lowest BCUT2D eigenvalue weighted by Crippen LogP contribution is -2.72. The summed E-state index contributed by atoms with van der Waals surface area (Å²) in [6, 6.07) is 0. The van der Waals surface area contributed by atoms with Crippen LogP contribution in [0.5, 0.6) is 0 Å². The topological polar surface area (TPSA) is 115 Å². The Labute approximate surface area is 120 Å². The third-order valence-electron chi connectivity index (χ3n) is 4.09. The third kappa shape index (κ3) is 1.65. The van der Waals surface area contributed by atoms with Crippen molar-refractivity contribution in [1.29, 1.82) is 0 Å². The van der Waals surface area contributed by atoms with Crippen LogP contribution in [0.15, 0.2) is 24.0 Å². The number of aliphatic hydroxyl groups is 3. The van der Waals surface area contributed by atoms with Gasteiger partial charge < -0.3 is 34.3 Å². The minimum absolute atomic E-state index is 0.185. The van der Waals surface area contributed by atoms with Crippen LogP contribution in [-0.4, -0.2) is 71.3 Å². The van der Waals surface area contributed by atoms with Crippen molar-refractivity contribution < 1.29 is 39.1 Å². The molecule has 0 aromatic rings. The van der Waals surface area contributed by atoms with E-state index in [1.54, 1.807) is 0 Å². The number of rotatable bonds is 1. The van der Waals surface area contributed by atoms with Gasteiger partial charge in [0.05, 0.1) is 26.4 Å². The van der Waals surface area contributed by atoms with Gasteiger partial charge in [0.15, 0.2) is 5.60 Å². The molecular weight excluding hydrogens is 284 g/mol. The van der Waals surface area contributed by atoms with Gasteiger partial charge in [0.2, 0.25) is 11.4 Å². The van der Waals surface area contributed by atoms with E-state index < -0.39 is 35.7 Å². The second-order valence-electron chi connectivity index (χ2n) is 5.12. The molecule has 0 unspecified atom stereocenters. The zero-order chi connectivity index (χ0) is 15.3. The Kier molecular flexibility index (Phi) is 3.12. The molecule has 2 aliphatic heterocycles. The summed E-state index contributed by atoms with van der Waals surface area (Å²) < 4.78 is 20.6. The molecule has 1 aliphatic carbocycles. The van der Waals surface area contributed by atoms with Gasteiger partial charge >= 0.3 is 5.97 Å². The quantitative estimate of drug-likeness (QED) is 0.295. The zero-order valence-electron chi connectivity index (χ0n) is 11.3. The number of aliphatic hydroxyl groups excluding tert-OH is 1. The van der Waals surface area contributed by atoms with Crippen LogP contribution in [0, 0.1) is 0 Å². The first-order chi connectivity index (χ1) is 9.89. The zero-order valence-corrected chi connectivity index (χ0v) is 11.3. The van der Waals surface area contributed by atoms with Crippen molar-refractivity contribution in [2.24, 2.45) is 0 Å². The minimum Gasteiger partial charge on any atom is -0.491 e. The molecule has 0 saturated carbocycles. The van der Waals surface area contributed by atoms with Crippen molar-refractivity contribution in [2.45, 2.75) is 23.1 Å². The summed E-state index contributed by atoms with van der Waals surface area (Å²) in [5.74, 6) is -2.78. The number of hydrogen-bond acceptors (Lipinski definition) is 8. The Hall–Kier alpha value is -1.45. The summed E-state index contributed by atoms with van der Waals surface area (Å²) in [6.45, 7) is -0.0546. The van der Waals surface area contributed by atoms with Crippen molar-refractivity contribution in [3.63, 3.8) is 0 Å². The van der Waals surface area contributed by atoms with Crippen LogP contribution >= 0.6 is 0 Å². The molecule has 8 heteroatoms. The molecule has 0 aromatic carbocycles. The van der Waals surface area contributed by atoms with Gasteiger partial charge in [-0.3, -0.25) is 0 Å². The number of methoxy groups -OCH3 is 1. The van der Waals surface area contributed by atoms with Gasteiger partial charge in [0.25, 0.3) is 0 Å². The van der Waals surface area contributed by atoms with E-state index in [9.17, 15) is 20.1 Å². The van der Waals surface area contributed by atoms with Crippen LogP contribution in [0.3, 0.4) is 0 Å². The van der Waals surface area contributed by atoms with Gasteiger partial charge in [-0.25, -0.2) is 4.79 Å². The van der Waals surface area contributed by atoms with E-state index in [2.05, 4.69) is 4.74 Å². The molecule has 2 saturated heterocycles. The fraction of sp³-hybridized carbons (Fsp3) is 0.615. The predicted octanol–water partition coefficient (Wildman–Crippen LogP) is -1.79. The van der Waals surface area contributed by atoms with Crippen LogP contribution in [0.2, 0.25) is 0 Å². The fourth-order valence-corrected chi connectivity index (χ4v) is 2.93. The Morgan fingerprint density at radius 2 is 2.10 bits per heavy atom. The molecule has 0 radical (unpaired) electrons. The van der Waals surface area contributed by atoms with E-state index in [-0.39, 0.29) is 19.0 Å². The molecule has 1 spiro atoms. The van der Waals surface area contributed by atoms with Crippen molar-refractivity contribution >= 4 is 5.97 Å². The SMILES string of the molecule is COC(=O)/C=C1\OC[C@@]2(O)[C@H](O)C=CC3(OCCO3)[C@@]12O. The van der Waals surface area contributed by atoms with Gasteiger partial charge in [0.1, 0.15) is 18.5 Å². The summed E-state index contributed by atoms with van der Waals surface area (Å²) in [4.78, 5) is 11.4. The molecule has 0 bridgehead atoms. The van der Waals surface area contributed by atoms with Crippen molar-refractivity contribution in [3.05, 3.63) is 24.0 Å². The van der Waals surface area contributed by atoms with Crippen molar-refractivity contribution in [1.82, 2.24) is 0 Å². The number of ether oxygens (including phenoxy) is 4. The first-order valence-electron chi connectivity index (χ1n) is 6.43. The number of carbonyl (C=O) groups is 1. The van der Waals surface area contributed by atoms with Crippen LogP contribution < -0.4 is 0 Å². The monoisotopic (exact) mass is 300 g/mol. The molecule has 0 aromatic heterocycles. The summed E-state index contributed by atoms with van der Waals surface area (Å²) in [7, 11) is 1.17. The predicted molar refractivity (Wildman–Crippen MR) is 65.7 cm³/mol. The highest BCUT2D eigenvalue weighted by Crippen LogP contribution is 2.53. The highest BCUT2D eigenvalue weighted by molar-refractivity contribution is 5.83. The van der Waals surface area contributed by atoms with Gasteiger partial charge in [-0.2, -0.15) is 0 Å². The highest BCUT2D eigenvalue weighted by Gasteiger charge is 2.75. The summed E-state index contributed by atoms with van der Waals surface area (Å²) in [5, 5.41) is 31.8. The first-order valence-corrected chi connectivity index (χ1v) is 6.43. The lowest BCUT2D eigenvalue weighted by atomic mass is 9.70. The minimum atomic E-state index is -2.27. The number of carbonyl (C=O) groups excluding carboxylic acids is 1. The van der Waals surface area contributed by atoms with Crippen LogP contribution in [0.1, 0.15) is 0 Å². The largest absolute Gasteiger partial charge is 0.491 e. The Balaban J connectivity index is 2.16. The standard InChI is InChI=1S/C13H16O8/c1-18-10(15)6-9-13(17)11(16,7-19-9)8(14)2-3-12(13)20-4-5-21-12/h2-3,6,8,14,16-17H,4-5,7H2,1H3/b9-6-/t8-,11-,13-/m1/s1. The van der Waals surface area contributed by atoms with E-state index in [1.807, 2.05) is 0 Å². The second-order valence-corrected chi connectivity index (χ2v) is 5.12. The van der Waals surface area contributed by atoms with E-state index in [4.69, 9.17) is 14.2 Å². The smallest absolute Gasteiger partial charge is 0.333 e. The molecule has 3 atom stereocenters. The Morgan fingerprint density at radius 1 is 1.43 bits per heavy atom. The average molecular weight is 300 g/mol. The van der Waals surface area contributed by atoms with E-state index in [0.717, 1.165) is 6.08 Å². The first kappa shape index (κ1) is 14.5. The number of esters is 1. The Morgan fingerprint density at radius 3 is 2.71 bits per heavy atom. The molecule has 3 N–H and O–H groups in total. The van der Waals surface area contributed by atoms with Gasteiger partial charge in [-0.1, -0.05) is 6.08 Å². The van der Waals surface area contributed by atoms with Gasteiger partial charge in [-0.15, -0.1) is 0 Å². The van der Waals surface area contributed by atoms with E-state index >= 15 is 0 Å². The molecule has 8 nitrogen and oxygen atoms in total. The second kappa shape index (κ2) is 4.52. The molecular formula is C13H16O8. The molecule has 0 amide bonds.